The summed E-state index contributed by atoms with van der Waals surface area (Å²) in [5.74, 6) is 0. The Labute approximate surface area is 113 Å². The molecule has 1 N–H and O–H groups in total. The van der Waals surface area contributed by atoms with Crippen molar-refractivity contribution in [2.24, 2.45) is 0 Å². The standard InChI is InChI=1S/C14H18ClN3/c1-3-6-18-10-16-8-13(18)9-17-14-7-12(15)5-4-11(14)2/h4-5,7-8,10,17H,3,6,9H2,1-2H3. The van der Waals surface area contributed by atoms with E-state index in [0.29, 0.717) is 0 Å². The molecule has 1 aromatic heterocycles. The molecule has 0 radical (unpaired) electrons. The molecule has 1 aromatic carbocycles. The lowest BCUT2D eigenvalue weighted by molar-refractivity contribution is 0.651. The van der Waals surface area contributed by atoms with E-state index in [0.717, 1.165) is 30.2 Å². The first-order valence-electron chi connectivity index (χ1n) is 6.19. The Bertz CT molecular complexity index is 520. The predicted octanol–water partition coefficient (Wildman–Crippen LogP) is 3.87. The quantitative estimate of drug-likeness (QED) is 0.888. The third-order valence-corrected chi connectivity index (χ3v) is 3.16. The van der Waals surface area contributed by atoms with E-state index in [4.69, 9.17) is 11.6 Å². The van der Waals surface area contributed by atoms with E-state index in [2.05, 4.69) is 28.7 Å². The molecule has 2 rings (SSSR count). The first kappa shape index (κ1) is 13.0. The Balaban J connectivity index is 2.06. The molecule has 0 atom stereocenters. The second-order valence-electron chi connectivity index (χ2n) is 4.39. The largest absolute Gasteiger partial charge is 0.379 e. The van der Waals surface area contributed by atoms with E-state index in [1.807, 2.05) is 30.7 Å². The maximum atomic E-state index is 6.00. The van der Waals surface area contributed by atoms with Gasteiger partial charge < -0.3 is 9.88 Å². The normalized spacial score (nSPS) is 10.6. The van der Waals surface area contributed by atoms with Crippen molar-refractivity contribution in [2.45, 2.75) is 33.4 Å². The second-order valence-corrected chi connectivity index (χ2v) is 4.83. The fourth-order valence-electron chi connectivity index (χ4n) is 1.91. The number of anilines is 1. The first-order chi connectivity index (χ1) is 8.70. The van der Waals surface area contributed by atoms with Crippen molar-refractivity contribution in [2.75, 3.05) is 5.32 Å². The van der Waals surface area contributed by atoms with E-state index >= 15 is 0 Å². The van der Waals surface area contributed by atoms with Crippen molar-refractivity contribution in [3.05, 3.63) is 47.0 Å². The molecular formula is C14H18ClN3. The summed E-state index contributed by atoms with van der Waals surface area (Å²) >= 11 is 6.00. The summed E-state index contributed by atoms with van der Waals surface area (Å²) in [5, 5.41) is 4.16. The monoisotopic (exact) mass is 263 g/mol. The number of rotatable bonds is 5. The molecule has 3 nitrogen and oxygen atoms in total. The average Bonchev–Trinajstić information content (AvgIpc) is 2.78. The Morgan fingerprint density at radius 1 is 1.39 bits per heavy atom. The third-order valence-electron chi connectivity index (χ3n) is 2.92. The van der Waals surface area contributed by atoms with Gasteiger partial charge in [-0.15, -0.1) is 0 Å². The second kappa shape index (κ2) is 5.91. The summed E-state index contributed by atoms with van der Waals surface area (Å²) in [6.07, 6.45) is 4.90. The van der Waals surface area contributed by atoms with Crippen LogP contribution in [0.1, 0.15) is 24.6 Å². The van der Waals surface area contributed by atoms with Crippen molar-refractivity contribution >= 4 is 17.3 Å². The van der Waals surface area contributed by atoms with Gasteiger partial charge in [0.05, 0.1) is 18.6 Å². The highest BCUT2D eigenvalue weighted by molar-refractivity contribution is 6.30. The molecule has 0 amide bonds. The van der Waals surface area contributed by atoms with Crippen molar-refractivity contribution in [3.8, 4) is 0 Å². The molecule has 0 unspecified atom stereocenters. The SMILES string of the molecule is CCCn1cncc1CNc1cc(Cl)ccc1C. The third kappa shape index (κ3) is 3.05. The van der Waals surface area contributed by atoms with Gasteiger partial charge >= 0.3 is 0 Å². The van der Waals surface area contributed by atoms with Crippen molar-refractivity contribution in [3.63, 3.8) is 0 Å². The van der Waals surface area contributed by atoms with Crippen molar-refractivity contribution < 1.29 is 0 Å². The van der Waals surface area contributed by atoms with E-state index in [9.17, 15) is 0 Å². The van der Waals surface area contributed by atoms with Crippen LogP contribution in [0.15, 0.2) is 30.7 Å². The molecule has 1 heterocycles. The summed E-state index contributed by atoms with van der Waals surface area (Å²) in [4.78, 5) is 4.19. The molecule has 18 heavy (non-hydrogen) atoms. The predicted molar refractivity (Wildman–Crippen MR) is 76.0 cm³/mol. The van der Waals surface area contributed by atoms with Gasteiger partial charge in [0, 0.05) is 23.5 Å². The topological polar surface area (TPSA) is 29.9 Å². The molecular weight excluding hydrogens is 246 g/mol. The van der Waals surface area contributed by atoms with Crippen LogP contribution < -0.4 is 5.32 Å². The van der Waals surface area contributed by atoms with Gasteiger partial charge in [-0.25, -0.2) is 4.98 Å². The maximum Gasteiger partial charge on any atom is 0.0948 e. The maximum absolute atomic E-state index is 6.00. The van der Waals surface area contributed by atoms with E-state index in [1.165, 1.54) is 11.3 Å². The van der Waals surface area contributed by atoms with E-state index in [1.54, 1.807) is 0 Å². The van der Waals surface area contributed by atoms with Gasteiger partial charge in [0.25, 0.3) is 0 Å². The Hall–Kier alpha value is -1.48. The number of imidazole rings is 1. The Morgan fingerprint density at radius 2 is 2.22 bits per heavy atom. The summed E-state index contributed by atoms with van der Waals surface area (Å²) in [6.45, 7) is 6.01. The molecule has 0 bridgehead atoms. The minimum Gasteiger partial charge on any atom is -0.379 e. The molecule has 0 aliphatic heterocycles. The summed E-state index contributed by atoms with van der Waals surface area (Å²) in [7, 11) is 0. The molecule has 0 saturated heterocycles. The van der Waals surface area contributed by atoms with E-state index in [-0.39, 0.29) is 0 Å². The highest BCUT2D eigenvalue weighted by Gasteiger charge is 2.03. The van der Waals surface area contributed by atoms with Crippen LogP contribution in [0.25, 0.3) is 0 Å². The number of hydrogen-bond donors (Lipinski definition) is 1. The number of nitrogens with zero attached hydrogens (tertiary/aromatic N) is 2. The van der Waals surface area contributed by atoms with E-state index < -0.39 is 0 Å². The first-order valence-corrected chi connectivity index (χ1v) is 6.57. The lowest BCUT2D eigenvalue weighted by Crippen LogP contribution is -2.07. The van der Waals surface area contributed by atoms with Gasteiger partial charge in [0.1, 0.15) is 0 Å². The minimum absolute atomic E-state index is 0.755. The lowest BCUT2D eigenvalue weighted by atomic mass is 10.2. The lowest BCUT2D eigenvalue weighted by Gasteiger charge is -2.11. The number of halogens is 1. The van der Waals surface area contributed by atoms with Crippen LogP contribution in [-0.4, -0.2) is 9.55 Å². The molecule has 0 saturated carbocycles. The molecule has 4 heteroatoms. The molecule has 0 fully saturated rings. The number of aryl methyl sites for hydroxylation is 2. The summed E-state index contributed by atoms with van der Waals surface area (Å²) < 4.78 is 2.17. The van der Waals surface area contributed by atoms with Gasteiger partial charge in [-0.2, -0.15) is 0 Å². The van der Waals surface area contributed by atoms with Crippen molar-refractivity contribution in [1.82, 2.24) is 9.55 Å². The number of hydrogen-bond acceptors (Lipinski definition) is 2. The van der Waals surface area contributed by atoms with Gasteiger partial charge in [-0.3, -0.25) is 0 Å². The van der Waals surface area contributed by atoms with Crippen LogP contribution in [-0.2, 0) is 13.1 Å². The molecule has 0 aliphatic carbocycles. The molecule has 96 valence electrons. The number of aromatic nitrogens is 2. The highest BCUT2D eigenvalue weighted by atomic mass is 35.5. The number of benzene rings is 1. The van der Waals surface area contributed by atoms with Crippen LogP contribution in [0, 0.1) is 6.92 Å². The highest BCUT2D eigenvalue weighted by Crippen LogP contribution is 2.20. The zero-order valence-corrected chi connectivity index (χ0v) is 11.5. The van der Waals surface area contributed by atoms with Crippen molar-refractivity contribution in [1.29, 1.82) is 0 Å². The molecule has 0 aliphatic rings. The van der Waals surface area contributed by atoms with Crippen LogP contribution >= 0.6 is 11.6 Å². The van der Waals surface area contributed by atoms with Crippen LogP contribution in [0.5, 0.6) is 0 Å². The Kier molecular flexibility index (Phi) is 4.26. The van der Waals surface area contributed by atoms with Crippen LogP contribution in [0.3, 0.4) is 0 Å². The smallest absolute Gasteiger partial charge is 0.0948 e. The zero-order valence-electron chi connectivity index (χ0n) is 10.8. The van der Waals surface area contributed by atoms with Crippen LogP contribution in [0.4, 0.5) is 5.69 Å². The fraction of sp³-hybridized carbons (Fsp3) is 0.357. The fourth-order valence-corrected chi connectivity index (χ4v) is 2.08. The van der Waals surface area contributed by atoms with Crippen LogP contribution in [0.2, 0.25) is 5.02 Å². The molecule has 0 spiro atoms. The average molecular weight is 264 g/mol. The van der Waals surface area contributed by atoms with Gasteiger partial charge in [-0.1, -0.05) is 24.6 Å². The summed E-state index contributed by atoms with van der Waals surface area (Å²) in [6, 6.07) is 5.88. The minimum atomic E-state index is 0.755. The number of nitrogens with one attached hydrogen (secondary N) is 1. The zero-order chi connectivity index (χ0) is 13.0. The molecule has 2 aromatic rings. The van der Waals surface area contributed by atoms with Gasteiger partial charge in [0.2, 0.25) is 0 Å². The van der Waals surface area contributed by atoms with Gasteiger partial charge in [0.15, 0.2) is 0 Å². The summed E-state index contributed by atoms with van der Waals surface area (Å²) in [5.41, 5.74) is 3.46. The van der Waals surface area contributed by atoms with Gasteiger partial charge in [-0.05, 0) is 31.0 Å². The Morgan fingerprint density at radius 3 is 3.00 bits per heavy atom.